The van der Waals surface area contributed by atoms with Gasteiger partial charge in [0.25, 0.3) is 0 Å². The number of aliphatic imine (C=N–C) groups is 1. The van der Waals surface area contributed by atoms with Crippen LogP contribution in [0.2, 0.25) is 0 Å². The molecule has 2 heterocycles. The minimum Gasteiger partial charge on any atom is -0.487 e. The van der Waals surface area contributed by atoms with Gasteiger partial charge in [0, 0.05) is 6.21 Å². The third-order valence-electron chi connectivity index (χ3n) is 3.12. The molecule has 22 heavy (non-hydrogen) atoms. The number of halogens is 1. The Morgan fingerprint density at radius 2 is 2.23 bits per heavy atom. The summed E-state index contributed by atoms with van der Waals surface area (Å²) < 4.78 is 7.65. The van der Waals surface area contributed by atoms with Crippen LogP contribution in [-0.2, 0) is 6.54 Å². The summed E-state index contributed by atoms with van der Waals surface area (Å²) in [7, 11) is 0. The van der Waals surface area contributed by atoms with E-state index in [1.165, 1.54) is 0 Å². The fourth-order valence-electron chi connectivity index (χ4n) is 2.15. The lowest BCUT2D eigenvalue weighted by Gasteiger charge is -2.27. The number of rotatable bonds is 5. The van der Waals surface area contributed by atoms with Gasteiger partial charge in [0.15, 0.2) is 0 Å². The Morgan fingerprint density at radius 1 is 1.36 bits per heavy atom. The van der Waals surface area contributed by atoms with E-state index in [0.717, 1.165) is 11.4 Å². The highest BCUT2D eigenvalue weighted by Gasteiger charge is 2.17. The lowest BCUT2D eigenvalue weighted by Crippen LogP contribution is -2.25. The van der Waals surface area contributed by atoms with Gasteiger partial charge in [0.2, 0.25) is 0 Å². The molecular formula is C14H15ClN6O. The number of nitrogens with zero attached hydrogens (tertiary/aromatic N) is 6. The van der Waals surface area contributed by atoms with Crippen molar-refractivity contribution >= 4 is 23.5 Å². The molecular weight excluding hydrogens is 304 g/mol. The molecule has 0 N–H and O–H groups in total. The Hall–Kier alpha value is -2.41. The summed E-state index contributed by atoms with van der Waals surface area (Å²) in [4.78, 5) is 6.11. The maximum absolute atomic E-state index is 6.25. The molecule has 1 aromatic carbocycles. The van der Waals surface area contributed by atoms with Crippen LogP contribution in [0.15, 0.2) is 46.8 Å². The predicted molar refractivity (Wildman–Crippen MR) is 84.1 cm³/mol. The highest BCUT2D eigenvalue weighted by Crippen LogP contribution is 2.33. The largest absolute Gasteiger partial charge is 0.487 e. The molecule has 1 aliphatic rings. The fourth-order valence-corrected chi connectivity index (χ4v) is 2.35. The van der Waals surface area contributed by atoms with Crippen molar-refractivity contribution in [2.75, 3.05) is 11.6 Å². The van der Waals surface area contributed by atoms with E-state index >= 15 is 0 Å². The molecule has 1 aromatic heterocycles. The Balaban J connectivity index is 1.76. The highest BCUT2D eigenvalue weighted by molar-refractivity contribution is 6.32. The summed E-state index contributed by atoms with van der Waals surface area (Å²) in [6.45, 7) is 2.99. The molecule has 0 aliphatic carbocycles. The van der Waals surface area contributed by atoms with Crippen LogP contribution < -0.4 is 9.64 Å². The minimum absolute atomic E-state index is 0.0966. The molecule has 7 nitrogen and oxygen atoms in total. The van der Waals surface area contributed by atoms with Gasteiger partial charge >= 0.3 is 0 Å². The first-order chi connectivity index (χ1) is 10.7. The van der Waals surface area contributed by atoms with Crippen LogP contribution in [0.4, 0.5) is 5.69 Å². The summed E-state index contributed by atoms with van der Waals surface area (Å²) in [5.74, 6) is 0.742. The first-order valence-electron chi connectivity index (χ1n) is 6.83. The van der Waals surface area contributed by atoms with Gasteiger partial charge in [0.1, 0.15) is 30.0 Å². The molecule has 0 radical (unpaired) electrons. The van der Waals surface area contributed by atoms with Crippen molar-refractivity contribution in [3.8, 4) is 5.75 Å². The molecule has 1 atom stereocenters. The fraction of sp³-hybridized carbons (Fsp3) is 0.286. The van der Waals surface area contributed by atoms with Gasteiger partial charge in [-0.2, -0.15) is 0 Å². The molecule has 2 aromatic rings. The van der Waals surface area contributed by atoms with E-state index in [4.69, 9.17) is 16.3 Å². The minimum atomic E-state index is -0.0966. The van der Waals surface area contributed by atoms with Crippen LogP contribution in [0.3, 0.4) is 0 Å². The van der Waals surface area contributed by atoms with Gasteiger partial charge in [0.05, 0.1) is 12.2 Å². The van der Waals surface area contributed by atoms with Crippen molar-refractivity contribution in [2.45, 2.75) is 19.6 Å². The van der Waals surface area contributed by atoms with Gasteiger partial charge in [-0.15, -0.1) is 5.10 Å². The molecule has 0 saturated carbocycles. The summed E-state index contributed by atoms with van der Waals surface area (Å²) in [6, 6.07) is 7.73. The first-order valence-corrected chi connectivity index (χ1v) is 7.21. The van der Waals surface area contributed by atoms with Crippen LogP contribution >= 0.6 is 11.6 Å². The van der Waals surface area contributed by atoms with Gasteiger partial charge in [-0.3, -0.25) is 4.99 Å². The second-order valence-corrected chi connectivity index (χ2v) is 5.21. The summed E-state index contributed by atoms with van der Waals surface area (Å²) in [5, 5.41) is 11.7. The van der Waals surface area contributed by atoms with Crippen molar-refractivity contribution in [3.05, 3.63) is 41.8 Å². The van der Waals surface area contributed by atoms with E-state index in [-0.39, 0.29) is 6.10 Å². The molecule has 8 heteroatoms. The number of ether oxygens (including phenoxy) is 1. The van der Waals surface area contributed by atoms with Gasteiger partial charge in [-0.25, -0.2) is 4.68 Å². The first kappa shape index (κ1) is 14.5. The summed E-state index contributed by atoms with van der Waals surface area (Å²) in [6.07, 6.45) is 4.92. The van der Waals surface area contributed by atoms with E-state index < -0.39 is 0 Å². The van der Waals surface area contributed by atoms with Crippen molar-refractivity contribution in [1.29, 1.82) is 0 Å². The molecule has 3 rings (SSSR count). The third kappa shape index (κ3) is 3.25. The second kappa shape index (κ2) is 6.57. The number of hydrogen-bond donors (Lipinski definition) is 0. The lowest BCUT2D eigenvalue weighted by atomic mass is 10.2. The second-order valence-electron chi connectivity index (χ2n) is 4.82. The SMILES string of the molecule is C[C@@H](Cn1cnnn1)Oc1ccccc1N1CN=CC=C1Cl. The molecule has 0 unspecified atom stereocenters. The molecule has 1 aliphatic heterocycles. The van der Waals surface area contributed by atoms with Gasteiger partial charge in [-0.1, -0.05) is 23.7 Å². The molecule has 0 saturated heterocycles. The van der Waals surface area contributed by atoms with Crippen LogP contribution in [-0.4, -0.2) is 39.2 Å². The molecule has 0 spiro atoms. The average molecular weight is 319 g/mol. The van der Waals surface area contributed by atoms with E-state index in [1.54, 1.807) is 23.3 Å². The zero-order valence-corrected chi connectivity index (χ0v) is 12.8. The van der Waals surface area contributed by atoms with E-state index in [1.807, 2.05) is 36.1 Å². The summed E-state index contributed by atoms with van der Waals surface area (Å²) >= 11 is 6.25. The standard InChI is InChI=1S/C14H15ClN6O/c1-11(8-20-10-17-18-19-20)22-13-5-3-2-4-12(13)21-9-16-7-6-14(21)15/h2-7,10-11H,8-9H2,1H3/t11-/m0/s1. The maximum atomic E-state index is 6.25. The average Bonchev–Trinajstić information content (AvgIpc) is 3.01. The van der Waals surface area contributed by atoms with Gasteiger partial charge in [-0.05, 0) is 35.6 Å². The van der Waals surface area contributed by atoms with Crippen LogP contribution in [0.1, 0.15) is 6.92 Å². The van der Waals surface area contributed by atoms with Crippen molar-refractivity contribution in [1.82, 2.24) is 20.2 Å². The monoisotopic (exact) mass is 318 g/mol. The number of tetrazole rings is 1. The molecule has 114 valence electrons. The van der Waals surface area contributed by atoms with Crippen molar-refractivity contribution in [3.63, 3.8) is 0 Å². The quantitative estimate of drug-likeness (QED) is 0.789. The predicted octanol–water partition coefficient (Wildman–Crippen LogP) is 2.07. The number of benzene rings is 1. The summed E-state index contributed by atoms with van der Waals surface area (Å²) in [5.41, 5.74) is 0.879. The third-order valence-corrected chi connectivity index (χ3v) is 3.45. The Labute approximate surface area is 132 Å². The Bertz CT molecular complexity index is 684. The van der Waals surface area contributed by atoms with Gasteiger partial charge < -0.3 is 9.64 Å². The highest BCUT2D eigenvalue weighted by atomic mass is 35.5. The van der Waals surface area contributed by atoms with Crippen LogP contribution in [0.5, 0.6) is 5.75 Å². The van der Waals surface area contributed by atoms with E-state index in [2.05, 4.69) is 20.5 Å². The van der Waals surface area contributed by atoms with E-state index in [0.29, 0.717) is 18.4 Å². The van der Waals surface area contributed by atoms with E-state index in [9.17, 15) is 0 Å². The maximum Gasteiger partial charge on any atom is 0.143 e. The van der Waals surface area contributed by atoms with Crippen molar-refractivity contribution < 1.29 is 4.74 Å². The topological polar surface area (TPSA) is 68.4 Å². The van der Waals surface area contributed by atoms with Crippen molar-refractivity contribution in [2.24, 2.45) is 4.99 Å². The smallest absolute Gasteiger partial charge is 0.143 e. The normalized spacial score (nSPS) is 15.5. The van der Waals surface area contributed by atoms with Crippen LogP contribution in [0, 0.1) is 0 Å². The zero-order chi connectivity index (χ0) is 15.4. The number of anilines is 1. The number of aromatic nitrogens is 4. The number of hydrogen-bond acceptors (Lipinski definition) is 6. The lowest BCUT2D eigenvalue weighted by molar-refractivity contribution is 0.193. The zero-order valence-electron chi connectivity index (χ0n) is 12.0. The Kier molecular flexibility index (Phi) is 4.34. The Morgan fingerprint density at radius 3 is 3.00 bits per heavy atom. The van der Waals surface area contributed by atoms with Crippen LogP contribution in [0.25, 0.3) is 0 Å². The molecule has 0 bridgehead atoms. The molecule has 0 amide bonds. The number of para-hydroxylation sites is 2. The molecule has 0 fully saturated rings. The number of allylic oxidation sites excluding steroid dienone is 1.